The van der Waals surface area contributed by atoms with E-state index in [2.05, 4.69) is 20.3 Å². The zero-order valence-corrected chi connectivity index (χ0v) is 19.6. The Balaban J connectivity index is 1.41. The monoisotopic (exact) mass is 463 g/mol. The molecule has 1 atom stereocenters. The number of unbranched alkanes of at least 4 members (excludes halogenated alkanes) is 2. The topological polar surface area (TPSA) is 92.2 Å². The van der Waals surface area contributed by atoms with E-state index in [1.54, 1.807) is 11.3 Å². The Morgan fingerprint density at radius 3 is 2.82 bits per heavy atom. The smallest absolute Gasteiger partial charge is 0.226 e. The van der Waals surface area contributed by atoms with Gasteiger partial charge in [-0.1, -0.05) is 50.1 Å². The summed E-state index contributed by atoms with van der Waals surface area (Å²) < 4.78 is 1.93. The van der Waals surface area contributed by atoms with Crippen LogP contribution in [0.5, 0.6) is 0 Å². The molecule has 0 bridgehead atoms. The molecule has 0 aliphatic rings. The summed E-state index contributed by atoms with van der Waals surface area (Å²) in [7, 11) is 0. The molecule has 3 heterocycles. The van der Waals surface area contributed by atoms with E-state index >= 15 is 0 Å². The molecular weight excluding hydrogens is 434 g/mol. The van der Waals surface area contributed by atoms with Crippen LogP contribution in [0.3, 0.4) is 0 Å². The van der Waals surface area contributed by atoms with E-state index in [1.165, 1.54) is 0 Å². The van der Waals surface area contributed by atoms with Gasteiger partial charge in [-0.3, -0.25) is 14.0 Å². The standard InChI is InChI=1S/C25H29N5O2S/c1-2-20(31)11-7-4-8-12-21(24-26-16-22(29-24)18-9-5-3-6-10-18)28-23(32)15-19-17-30-13-14-33-25(30)27-19/h3,5-6,9-10,13-14,16-17,21H,2,4,7-8,11-12,15H2,1H3,(H,26,29)(H,28,32)/t21-/m0/s1. The number of carbonyl (C=O) groups is 2. The highest BCUT2D eigenvalue weighted by Crippen LogP contribution is 2.23. The summed E-state index contributed by atoms with van der Waals surface area (Å²) >= 11 is 1.55. The number of Topliss-reactive ketones (excluding diaryl/α,β-unsaturated/α-hetero) is 1. The number of hydrogen-bond donors (Lipinski definition) is 2. The lowest BCUT2D eigenvalue weighted by molar-refractivity contribution is -0.121. The maximum Gasteiger partial charge on any atom is 0.226 e. The van der Waals surface area contributed by atoms with Crippen LogP contribution in [-0.4, -0.2) is 31.0 Å². The summed E-state index contributed by atoms with van der Waals surface area (Å²) in [6, 6.07) is 9.79. The Kier molecular flexibility index (Phi) is 7.67. The first-order valence-corrected chi connectivity index (χ1v) is 12.3. The number of carbonyl (C=O) groups excluding carboxylic acids is 2. The lowest BCUT2D eigenvalue weighted by Gasteiger charge is -2.16. The number of rotatable bonds is 12. The number of ketones is 1. The average molecular weight is 464 g/mol. The van der Waals surface area contributed by atoms with E-state index in [0.717, 1.165) is 53.4 Å². The molecule has 0 aliphatic heterocycles. The van der Waals surface area contributed by atoms with Crippen LogP contribution in [0.15, 0.2) is 54.3 Å². The van der Waals surface area contributed by atoms with Gasteiger partial charge in [0, 0.05) is 30.6 Å². The van der Waals surface area contributed by atoms with Crippen LogP contribution in [0.4, 0.5) is 0 Å². The van der Waals surface area contributed by atoms with Crippen LogP contribution >= 0.6 is 11.3 Å². The molecule has 33 heavy (non-hydrogen) atoms. The van der Waals surface area contributed by atoms with Gasteiger partial charge in [0.25, 0.3) is 0 Å². The molecule has 0 aliphatic carbocycles. The number of imidazole rings is 2. The number of nitrogens with one attached hydrogen (secondary N) is 2. The highest BCUT2D eigenvalue weighted by atomic mass is 32.1. The Bertz CT molecular complexity index is 1170. The van der Waals surface area contributed by atoms with Gasteiger partial charge in [0.2, 0.25) is 5.91 Å². The maximum atomic E-state index is 12.8. The van der Waals surface area contributed by atoms with Crippen molar-refractivity contribution in [3.63, 3.8) is 0 Å². The minimum atomic E-state index is -0.222. The Hall–Kier alpha value is -3.26. The van der Waals surface area contributed by atoms with Crippen LogP contribution in [0.1, 0.15) is 63.0 Å². The number of hydrogen-bond acceptors (Lipinski definition) is 5. The summed E-state index contributed by atoms with van der Waals surface area (Å²) in [5, 5.41) is 5.12. The first-order valence-electron chi connectivity index (χ1n) is 11.4. The normalized spacial score (nSPS) is 12.2. The van der Waals surface area contributed by atoms with Crippen LogP contribution in [0.25, 0.3) is 16.2 Å². The van der Waals surface area contributed by atoms with E-state index in [1.807, 2.05) is 65.6 Å². The SMILES string of the molecule is CCC(=O)CCCCC[C@H](NC(=O)Cc1cn2ccsc2n1)c1ncc(-c2ccccc2)[nH]1. The molecule has 4 aromatic rings. The van der Waals surface area contributed by atoms with E-state index in [0.29, 0.717) is 18.6 Å². The van der Waals surface area contributed by atoms with Gasteiger partial charge in [-0.05, 0) is 18.4 Å². The van der Waals surface area contributed by atoms with Gasteiger partial charge in [-0.15, -0.1) is 11.3 Å². The molecule has 0 radical (unpaired) electrons. The molecule has 0 saturated carbocycles. The van der Waals surface area contributed by atoms with Gasteiger partial charge < -0.3 is 10.3 Å². The molecule has 3 aromatic heterocycles. The average Bonchev–Trinajstić information content (AvgIpc) is 3.55. The quantitative estimate of drug-likeness (QED) is 0.285. The van der Waals surface area contributed by atoms with Crippen LogP contribution < -0.4 is 5.32 Å². The third kappa shape index (κ3) is 6.16. The molecular formula is C25H29N5O2S. The zero-order valence-electron chi connectivity index (χ0n) is 18.8. The van der Waals surface area contributed by atoms with Crippen LogP contribution in [0.2, 0.25) is 0 Å². The molecule has 1 aromatic carbocycles. The number of nitrogens with zero attached hydrogens (tertiary/aromatic N) is 3. The second-order valence-corrected chi connectivity index (χ2v) is 9.03. The van der Waals surface area contributed by atoms with Gasteiger partial charge >= 0.3 is 0 Å². The molecule has 4 rings (SSSR count). The molecule has 2 N–H and O–H groups in total. The van der Waals surface area contributed by atoms with Gasteiger partial charge in [-0.2, -0.15) is 0 Å². The van der Waals surface area contributed by atoms with Crippen molar-refractivity contribution in [3.8, 4) is 11.3 Å². The maximum absolute atomic E-state index is 12.8. The molecule has 7 nitrogen and oxygen atoms in total. The fourth-order valence-corrected chi connectivity index (χ4v) is 4.57. The Labute approximate surface area is 197 Å². The molecule has 0 spiro atoms. The van der Waals surface area contributed by atoms with Crippen molar-refractivity contribution in [1.82, 2.24) is 24.7 Å². The van der Waals surface area contributed by atoms with E-state index in [-0.39, 0.29) is 18.4 Å². The Morgan fingerprint density at radius 2 is 2.03 bits per heavy atom. The highest BCUT2D eigenvalue weighted by Gasteiger charge is 2.19. The molecule has 1 amide bonds. The van der Waals surface area contributed by atoms with Gasteiger partial charge in [0.1, 0.15) is 11.6 Å². The van der Waals surface area contributed by atoms with Gasteiger partial charge in [0.15, 0.2) is 4.96 Å². The predicted molar refractivity (Wildman–Crippen MR) is 130 cm³/mol. The third-order valence-corrected chi connectivity index (χ3v) is 6.44. The summed E-state index contributed by atoms with van der Waals surface area (Å²) in [4.78, 5) is 37.8. The second-order valence-electron chi connectivity index (χ2n) is 8.16. The van der Waals surface area contributed by atoms with Crippen molar-refractivity contribution < 1.29 is 9.59 Å². The molecule has 0 unspecified atom stereocenters. The van der Waals surface area contributed by atoms with E-state index in [9.17, 15) is 9.59 Å². The molecule has 8 heteroatoms. The number of amides is 1. The molecule has 0 saturated heterocycles. The lowest BCUT2D eigenvalue weighted by atomic mass is 10.0. The fraction of sp³-hybridized carbons (Fsp3) is 0.360. The highest BCUT2D eigenvalue weighted by molar-refractivity contribution is 7.15. The van der Waals surface area contributed by atoms with E-state index < -0.39 is 0 Å². The van der Waals surface area contributed by atoms with Crippen LogP contribution in [-0.2, 0) is 16.0 Å². The summed E-state index contributed by atoms with van der Waals surface area (Å²) in [5.74, 6) is 0.973. The second kappa shape index (κ2) is 11.0. The van der Waals surface area contributed by atoms with Crippen molar-refractivity contribution in [1.29, 1.82) is 0 Å². The molecule has 172 valence electrons. The number of benzene rings is 1. The van der Waals surface area contributed by atoms with Crippen molar-refractivity contribution in [2.75, 3.05) is 0 Å². The van der Waals surface area contributed by atoms with Crippen LogP contribution in [0, 0.1) is 0 Å². The first kappa shape index (κ1) is 22.9. The van der Waals surface area contributed by atoms with Crippen molar-refractivity contribution >= 4 is 28.0 Å². The summed E-state index contributed by atoms with van der Waals surface area (Å²) in [6.45, 7) is 1.90. The van der Waals surface area contributed by atoms with Crippen molar-refractivity contribution in [2.45, 2.75) is 57.9 Å². The first-order chi connectivity index (χ1) is 16.1. The Morgan fingerprint density at radius 1 is 1.18 bits per heavy atom. The van der Waals surface area contributed by atoms with Crippen molar-refractivity contribution in [2.24, 2.45) is 0 Å². The minimum absolute atomic E-state index is 0.0791. The van der Waals surface area contributed by atoms with E-state index in [4.69, 9.17) is 0 Å². The molecule has 0 fully saturated rings. The summed E-state index contributed by atoms with van der Waals surface area (Å²) in [5.41, 5.74) is 2.73. The van der Waals surface area contributed by atoms with Gasteiger partial charge in [-0.25, -0.2) is 9.97 Å². The number of fused-ring (bicyclic) bond motifs is 1. The number of thiazole rings is 1. The number of H-pyrrole nitrogens is 1. The predicted octanol–water partition coefficient (Wildman–Crippen LogP) is 5.12. The third-order valence-electron chi connectivity index (χ3n) is 5.67. The van der Waals surface area contributed by atoms with Crippen molar-refractivity contribution in [3.05, 3.63) is 65.8 Å². The summed E-state index contributed by atoms with van der Waals surface area (Å²) in [6.07, 6.45) is 10.6. The lowest BCUT2D eigenvalue weighted by Crippen LogP contribution is -2.30. The largest absolute Gasteiger partial charge is 0.346 e. The fourth-order valence-electron chi connectivity index (χ4n) is 3.85. The zero-order chi connectivity index (χ0) is 23.0. The number of aromatic nitrogens is 4. The minimum Gasteiger partial charge on any atom is -0.346 e. The van der Waals surface area contributed by atoms with Gasteiger partial charge in [0.05, 0.1) is 30.0 Å². The number of aromatic amines is 1.